The fourth-order valence-electron chi connectivity index (χ4n) is 3.08. The molecule has 5 nitrogen and oxygen atoms in total. The molecule has 1 aromatic carbocycles. The van der Waals surface area contributed by atoms with Crippen molar-refractivity contribution >= 4 is 17.5 Å². The van der Waals surface area contributed by atoms with Crippen LogP contribution in [-0.4, -0.2) is 26.9 Å². The minimum Gasteiger partial charge on any atom is -0.393 e. The van der Waals surface area contributed by atoms with Crippen molar-refractivity contribution in [3.05, 3.63) is 52.3 Å². The largest absolute Gasteiger partial charge is 0.393 e. The van der Waals surface area contributed by atoms with Gasteiger partial charge >= 0.3 is 0 Å². The summed E-state index contributed by atoms with van der Waals surface area (Å²) < 4.78 is 28.8. The number of halogens is 3. The van der Waals surface area contributed by atoms with Crippen molar-refractivity contribution in [2.45, 2.75) is 31.4 Å². The molecule has 1 unspecified atom stereocenters. The van der Waals surface area contributed by atoms with Crippen LogP contribution in [-0.2, 0) is 18.3 Å². The van der Waals surface area contributed by atoms with E-state index in [-0.39, 0.29) is 30.0 Å². The Balaban J connectivity index is 1.73. The molecule has 1 saturated carbocycles. The third-order valence-electron chi connectivity index (χ3n) is 4.49. The summed E-state index contributed by atoms with van der Waals surface area (Å²) >= 11 is 5.55. The van der Waals surface area contributed by atoms with Crippen LogP contribution >= 0.6 is 11.6 Å². The molecule has 1 aliphatic carbocycles. The number of aliphatic hydroxyl groups is 1. The van der Waals surface area contributed by atoms with Gasteiger partial charge in [0.2, 0.25) is 5.91 Å². The number of hydrogen-bond acceptors (Lipinski definition) is 3. The first-order valence-electron chi connectivity index (χ1n) is 7.93. The third kappa shape index (κ3) is 3.82. The Morgan fingerprint density at radius 2 is 2.20 bits per heavy atom. The van der Waals surface area contributed by atoms with Gasteiger partial charge in [-0.05, 0) is 30.4 Å². The van der Waals surface area contributed by atoms with Crippen LogP contribution in [0.25, 0.3) is 0 Å². The van der Waals surface area contributed by atoms with Crippen LogP contribution in [0, 0.1) is 17.6 Å². The molecule has 0 spiro atoms. The normalized spacial score (nSPS) is 20.8. The van der Waals surface area contributed by atoms with E-state index >= 15 is 0 Å². The summed E-state index contributed by atoms with van der Waals surface area (Å²) in [6.45, 7) is 0. The van der Waals surface area contributed by atoms with Gasteiger partial charge in [0.25, 0.3) is 0 Å². The Hall–Kier alpha value is -1.99. The van der Waals surface area contributed by atoms with Crippen LogP contribution in [0.15, 0.2) is 24.5 Å². The molecule has 0 bridgehead atoms. The summed E-state index contributed by atoms with van der Waals surface area (Å²) in [6.07, 6.45) is 4.00. The lowest BCUT2D eigenvalue weighted by atomic mass is 9.75. The lowest BCUT2D eigenvalue weighted by molar-refractivity contribution is -0.122. The van der Waals surface area contributed by atoms with Crippen molar-refractivity contribution in [3.8, 4) is 0 Å². The first kappa shape index (κ1) is 17.8. The second kappa shape index (κ2) is 7.09. The highest BCUT2D eigenvalue weighted by Crippen LogP contribution is 2.38. The fourth-order valence-corrected chi connectivity index (χ4v) is 3.26. The van der Waals surface area contributed by atoms with Crippen molar-refractivity contribution in [1.29, 1.82) is 0 Å². The number of nitrogens with one attached hydrogen (secondary N) is 1. The molecular formula is C17H18ClF2N3O2. The van der Waals surface area contributed by atoms with E-state index in [1.807, 2.05) is 0 Å². The molecule has 0 radical (unpaired) electrons. The molecular weight excluding hydrogens is 352 g/mol. The van der Waals surface area contributed by atoms with Crippen LogP contribution < -0.4 is 5.32 Å². The number of aryl methyl sites for hydroxylation is 1. The number of benzene rings is 1. The van der Waals surface area contributed by atoms with Gasteiger partial charge in [-0.2, -0.15) is 5.10 Å². The topological polar surface area (TPSA) is 67.2 Å². The number of hydrogen-bond donors (Lipinski definition) is 2. The molecule has 2 aromatic rings. The second-order valence-corrected chi connectivity index (χ2v) is 6.77. The standard InChI is InChI=1S/C17H18ClF2N3O2/c1-23-8-11(7-21-23)17(10-4-12(24)5-10)22-14(25)6-9-2-3-13(19)15(18)16(9)20/h2-3,7-8,10,12,17,24H,4-6H2,1H3,(H,22,25). The predicted octanol–water partition coefficient (Wildman–Crippen LogP) is 2.52. The molecule has 1 amide bonds. The summed E-state index contributed by atoms with van der Waals surface area (Å²) in [7, 11) is 1.77. The Bertz CT molecular complexity index is 790. The van der Waals surface area contributed by atoms with E-state index in [1.165, 1.54) is 6.07 Å². The zero-order chi connectivity index (χ0) is 18.1. The SMILES string of the molecule is Cn1cc(C(NC(=O)Cc2ccc(F)c(Cl)c2F)C2CC(O)C2)cn1. The molecule has 8 heteroatoms. The molecule has 134 valence electrons. The molecule has 3 rings (SSSR count). The van der Waals surface area contributed by atoms with E-state index in [4.69, 9.17) is 11.6 Å². The highest BCUT2D eigenvalue weighted by atomic mass is 35.5. The first-order chi connectivity index (χ1) is 11.8. The van der Waals surface area contributed by atoms with E-state index in [9.17, 15) is 18.7 Å². The summed E-state index contributed by atoms with van der Waals surface area (Å²) in [6, 6.07) is 1.93. The quantitative estimate of drug-likeness (QED) is 0.796. The van der Waals surface area contributed by atoms with Crippen molar-refractivity contribution in [3.63, 3.8) is 0 Å². The summed E-state index contributed by atoms with van der Waals surface area (Å²) in [4.78, 5) is 12.4. The molecule has 1 aliphatic rings. The van der Waals surface area contributed by atoms with E-state index < -0.39 is 22.6 Å². The van der Waals surface area contributed by atoms with Crippen molar-refractivity contribution in [2.75, 3.05) is 0 Å². The van der Waals surface area contributed by atoms with Crippen LogP contribution in [0.1, 0.15) is 30.0 Å². The highest BCUT2D eigenvalue weighted by molar-refractivity contribution is 6.31. The number of amides is 1. The van der Waals surface area contributed by atoms with Gasteiger partial charge in [-0.3, -0.25) is 9.48 Å². The van der Waals surface area contributed by atoms with Crippen LogP contribution in [0.3, 0.4) is 0 Å². The van der Waals surface area contributed by atoms with E-state index in [2.05, 4.69) is 10.4 Å². The van der Waals surface area contributed by atoms with Gasteiger partial charge in [-0.25, -0.2) is 8.78 Å². The molecule has 1 fully saturated rings. The number of carbonyl (C=O) groups is 1. The number of rotatable bonds is 5. The first-order valence-corrected chi connectivity index (χ1v) is 8.31. The van der Waals surface area contributed by atoms with Crippen molar-refractivity contribution < 1.29 is 18.7 Å². The summed E-state index contributed by atoms with van der Waals surface area (Å²) in [5.74, 6) is -2.10. The Morgan fingerprint density at radius 1 is 1.48 bits per heavy atom. The number of aromatic nitrogens is 2. The zero-order valence-corrected chi connectivity index (χ0v) is 14.3. The van der Waals surface area contributed by atoms with Crippen molar-refractivity contribution in [1.82, 2.24) is 15.1 Å². The molecule has 0 saturated heterocycles. The van der Waals surface area contributed by atoms with Crippen molar-refractivity contribution in [2.24, 2.45) is 13.0 Å². The van der Waals surface area contributed by atoms with Gasteiger partial charge in [-0.1, -0.05) is 17.7 Å². The minimum absolute atomic E-state index is 0.0301. The second-order valence-electron chi connectivity index (χ2n) is 6.39. The van der Waals surface area contributed by atoms with Gasteiger partial charge in [-0.15, -0.1) is 0 Å². The van der Waals surface area contributed by atoms with Crippen LogP contribution in [0.2, 0.25) is 5.02 Å². The molecule has 1 heterocycles. The predicted molar refractivity (Wildman–Crippen MR) is 87.9 cm³/mol. The maximum absolute atomic E-state index is 14.0. The Labute approximate surface area is 148 Å². The average Bonchev–Trinajstić information content (AvgIpc) is 2.97. The number of carbonyl (C=O) groups excluding carboxylic acids is 1. The molecule has 2 N–H and O–H groups in total. The maximum Gasteiger partial charge on any atom is 0.225 e. The smallest absolute Gasteiger partial charge is 0.225 e. The van der Waals surface area contributed by atoms with Gasteiger partial charge in [0, 0.05) is 18.8 Å². The fraction of sp³-hybridized carbons (Fsp3) is 0.412. The Morgan fingerprint density at radius 3 is 2.80 bits per heavy atom. The number of nitrogens with zero attached hydrogens (tertiary/aromatic N) is 2. The van der Waals surface area contributed by atoms with Gasteiger partial charge in [0.15, 0.2) is 0 Å². The van der Waals surface area contributed by atoms with Gasteiger partial charge in [0.05, 0.1) is 24.8 Å². The summed E-state index contributed by atoms with van der Waals surface area (Å²) in [5, 5.41) is 15.9. The number of aliphatic hydroxyl groups excluding tert-OH is 1. The molecule has 0 aliphatic heterocycles. The molecule has 25 heavy (non-hydrogen) atoms. The lowest BCUT2D eigenvalue weighted by Gasteiger charge is -2.37. The van der Waals surface area contributed by atoms with E-state index in [0.29, 0.717) is 12.8 Å². The molecule has 1 aromatic heterocycles. The highest BCUT2D eigenvalue weighted by Gasteiger charge is 2.36. The molecule has 1 atom stereocenters. The average molecular weight is 370 g/mol. The monoisotopic (exact) mass is 369 g/mol. The van der Waals surface area contributed by atoms with Gasteiger partial charge < -0.3 is 10.4 Å². The lowest BCUT2D eigenvalue weighted by Crippen LogP contribution is -2.41. The van der Waals surface area contributed by atoms with E-state index in [0.717, 1.165) is 11.6 Å². The van der Waals surface area contributed by atoms with Crippen LogP contribution in [0.4, 0.5) is 8.78 Å². The third-order valence-corrected chi connectivity index (χ3v) is 4.83. The summed E-state index contributed by atoms with van der Waals surface area (Å²) in [5.41, 5.74) is 0.854. The zero-order valence-electron chi connectivity index (χ0n) is 13.5. The van der Waals surface area contributed by atoms with Gasteiger partial charge in [0.1, 0.15) is 16.7 Å². The maximum atomic E-state index is 14.0. The minimum atomic E-state index is -0.922. The van der Waals surface area contributed by atoms with E-state index in [1.54, 1.807) is 24.1 Å². The van der Waals surface area contributed by atoms with Crippen LogP contribution in [0.5, 0.6) is 0 Å². The Kier molecular flexibility index (Phi) is 5.06.